The molecule has 0 aromatic heterocycles. The summed E-state index contributed by atoms with van der Waals surface area (Å²) >= 11 is 0. The highest BCUT2D eigenvalue weighted by Gasteiger charge is 2.23. The van der Waals surface area contributed by atoms with Crippen LogP contribution in [0.15, 0.2) is 24.3 Å². The molecule has 1 unspecified atom stereocenters. The lowest BCUT2D eigenvalue weighted by atomic mass is 10.1. The Morgan fingerprint density at radius 1 is 1.38 bits per heavy atom. The highest BCUT2D eigenvalue weighted by atomic mass is 16.5. The minimum atomic E-state index is -0.916. The monoisotopic (exact) mass is 222 g/mol. The Morgan fingerprint density at radius 2 is 2.00 bits per heavy atom. The van der Waals surface area contributed by atoms with E-state index in [0.29, 0.717) is 5.75 Å². The summed E-state index contributed by atoms with van der Waals surface area (Å²) in [5.74, 6) is -0.297. The summed E-state index contributed by atoms with van der Waals surface area (Å²) in [7, 11) is 0. The molecule has 1 N–H and O–H groups in total. The van der Waals surface area contributed by atoms with E-state index in [2.05, 4.69) is 0 Å². The molecule has 0 saturated carbocycles. The average molecular weight is 222 g/mol. The maximum Gasteiger partial charge on any atom is 0.345 e. The maximum atomic E-state index is 11.0. The lowest BCUT2D eigenvalue weighted by Crippen LogP contribution is -2.32. The third-order valence-corrected chi connectivity index (χ3v) is 2.46. The first-order chi connectivity index (χ1) is 7.56. The molecule has 0 aliphatic rings. The Morgan fingerprint density at radius 3 is 2.50 bits per heavy atom. The van der Waals surface area contributed by atoms with E-state index in [1.165, 1.54) is 0 Å². The van der Waals surface area contributed by atoms with Gasteiger partial charge in [0.15, 0.2) is 6.10 Å². The Balaban J connectivity index is 2.89. The van der Waals surface area contributed by atoms with Gasteiger partial charge in [-0.1, -0.05) is 39.0 Å². The van der Waals surface area contributed by atoms with Crippen LogP contribution in [0.5, 0.6) is 5.75 Å². The first-order valence-electron chi connectivity index (χ1n) is 5.53. The molecule has 0 saturated heterocycles. The Labute approximate surface area is 96.1 Å². The lowest BCUT2D eigenvalue weighted by molar-refractivity contribution is -0.147. The van der Waals surface area contributed by atoms with Gasteiger partial charge in [0.05, 0.1) is 0 Å². The van der Waals surface area contributed by atoms with Gasteiger partial charge in [0.2, 0.25) is 0 Å². The van der Waals surface area contributed by atoms with Crippen molar-refractivity contribution in [2.75, 3.05) is 0 Å². The van der Waals surface area contributed by atoms with Gasteiger partial charge in [-0.05, 0) is 18.1 Å². The number of rotatable bonds is 5. The van der Waals surface area contributed by atoms with Crippen molar-refractivity contribution in [2.45, 2.75) is 33.3 Å². The van der Waals surface area contributed by atoms with Crippen molar-refractivity contribution in [1.82, 2.24) is 0 Å². The standard InChI is InChI=1S/C13H18O3/c1-4-10-7-5-6-8-11(10)16-12(9(2)3)13(14)15/h5-9,12H,4H2,1-3H3,(H,14,15). The van der Waals surface area contributed by atoms with E-state index in [9.17, 15) is 4.79 Å². The predicted molar refractivity (Wildman–Crippen MR) is 62.7 cm³/mol. The molecule has 1 rings (SSSR count). The number of hydrogen-bond donors (Lipinski definition) is 1. The Bertz CT molecular complexity index is 358. The fraction of sp³-hybridized carbons (Fsp3) is 0.462. The molecule has 0 fully saturated rings. The van der Waals surface area contributed by atoms with Gasteiger partial charge in [-0.3, -0.25) is 0 Å². The van der Waals surface area contributed by atoms with Crippen LogP contribution in [0.1, 0.15) is 26.3 Å². The van der Waals surface area contributed by atoms with Gasteiger partial charge in [-0.15, -0.1) is 0 Å². The molecule has 1 aromatic rings. The molecule has 0 radical (unpaired) electrons. The van der Waals surface area contributed by atoms with Crippen molar-refractivity contribution in [2.24, 2.45) is 5.92 Å². The van der Waals surface area contributed by atoms with Gasteiger partial charge >= 0.3 is 5.97 Å². The first kappa shape index (κ1) is 12.6. The number of aryl methyl sites for hydroxylation is 1. The van der Waals surface area contributed by atoms with Gasteiger partial charge in [-0.2, -0.15) is 0 Å². The lowest BCUT2D eigenvalue weighted by Gasteiger charge is -2.20. The van der Waals surface area contributed by atoms with Crippen molar-refractivity contribution in [1.29, 1.82) is 0 Å². The van der Waals surface area contributed by atoms with Crippen LogP contribution in [0.25, 0.3) is 0 Å². The van der Waals surface area contributed by atoms with Gasteiger partial charge in [0.1, 0.15) is 5.75 Å². The van der Waals surface area contributed by atoms with E-state index in [1.54, 1.807) is 0 Å². The summed E-state index contributed by atoms with van der Waals surface area (Å²) < 4.78 is 5.56. The molecule has 0 spiro atoms. The number of para-hydroxylation sites is 1. The average Bonchev–Trinajstić information content (AvgIpc) is 2.25. The number of carbonyl (C=O) groups is 1. The molecule has 1 aromatic carbocycles. The van der Waals surface area contributed by atoms with Crippen LogP contribution in [-0.2, 0) is 11.2 Å². The third-order valence-electron chi connectivity index (χ3n) is 2.46. The van der Waals surface area contributed by atoms with E-state index in [4.69, 9.17) is 9.84 Å². The summed E-state index contributed by atoms with van der Waals surface area (Å²) in [5, 5.41) is 9.04. The van der Waals surface area contributed by atoms with E-state index in [0.717, 1.165) is 12.0 Å². The summed E-state index contributed by atoms with van der Waals surface area (Å²) in [6, 6.07) is 7.55. The number of carboxylic acids is 1. The van der Waals surface area contributed by atoms with Crippen molar-refractivity contribution in [3.8, 4) is 5.75 Å². The van der Waals surface area contributed by atoms with E-state index in [-0.39, 0.29) is 5.92 Å². The van der Waals surface area contributed by atoms with Crippen molar-refractivity contribution >= 4 is 5.97 Å². The molecule has 0 bridgehead atoms. The SMILES string of the molecule is CCc1ccccc1OC(C(=O)O)C(C)C. The van der Waals surface area contributed by atoms with Crippen molar-refractivity contribution in [3.05, 3.63) is 29.8 Å². The first-order valence-corrected chi connectivity index (χ1v) is 5.53. The molecule has 88 valence electrons. The highest BCUT2D eigenvalue weighted by molar-refractivity contribution is 5.73. The normalized spacial score (nSPS) is 12.5. The Hall–Kier alpha value is -1.51. The van der Waals surface area contributed by atoms with Gasteiger partial charge in [0, 0.05) is 5.92 Å². The second-order valence-corrected chi connectivity index (χ2v) is 4.08. The van der Waals surface area contributed by atoms with Gasteiger partial charge in [0.25, 0.3) is 0 Å². The molecule has 0 amide bonds. The second-order valence-electron chi connectivity index (χ2n) is 4.08. The number of benzene rings is 1. The largest absolute Gasteiger partial charge is 0.478 e. The molecule has 16 heavy (non-hydrogen) atoms. The molecule has 0 heterocycles. The van der Waals surface area contributed by atoms with Crippen LogP contribution >= 0.6 is 0 Å². The minimum absolute atomic E-state index is 0.0533. The van der Waals surface area contributed by atoms with Crippen LogP contribution in [0, 0.1) is 5.92 Å². The van der Waals surface area contributed by atoms with Crippen molar-refractivity contribution < 1.29 is 14.6 Å². The van der Waals surface area contributed by atoms with Crippen LogP contribution in [0.2, 0.25) is 0 Å². The summed E-state index contributed by atoms with van der Waals surface area (Å²) in [6.07, 6.45) is 0.0494. The Kier molecular flexibility index (Phi) is 4.35. The fourth-order valence-electron chi connectivity index (χ4n) is 1.52. The van der Waals surface area contributed by atoms with Crippen LogP contribution in [0.3, 0.4) is 0 Å². The molecular weight excluding hydrogens is 204 g/mol. The van der Waals surface area contributed by atoms with Crippen LogP contribution < -0.4 is 4.74 Å². The van der Waals surface area contributed by atoms with Crippen molar-refractivity contribution in [3.63, 3.8) is 0 Å². The third kappa shape index (κ3) is 2.99. The van der Waals surface area contributed by atoms with E-state index >= 15 is 0 Å². The zero-order valence-electron chi connectivity index (χ0n) is 9.93. The van der Waals surface area contributed by atoms with Gasteiger partial charge in [-0.25, -0.2) is 4.79 Å². The number of hydrogen-bond acceptors (Lipinski definition) is 2. The summed E-state index contributed by atoms with van der Waals surface area (Å²) in [6.45, 7) is 5.70. The molecular formula is C13H18O3. The van der Waals surface area contributed by atoms with E-state index < -0.39 is 12.1 Å². The predicted octanol–water partition coefficient (Wildman–Crippen LogP) is 2.74. The molecule has 0 aliphatic carbocycles. The fourth-order valence-corrected chi connectivity index (χ4v) is 1.52. The number of carboxylic acid groups (broad SMARTS) is 1. The van der Waals surface area contributed by atoms with E-state index in [1.807, 2.05) is 45.0 Å². The van der Waals surface area contributed by atoms with Crippen LogP contribution in [0.4, 0.5) is 0 Å². The number of aliphatic carboxylic acids is 1. The second kappa shape index (κ2) is 5.54. The summed E-state index contributed by atoms with van der Waals surface area (Å²) in [5.41, 5.74) is 1.04. The van der Waals surface area contributed by atoms with Gasteiger partial charge < -0.3 is 9.84 Å². The zero-order valence-corrected chi connectivity index (χ0v) is 9.93. The quantitative estimate of drug-likeness (QED) is 0.833. The van der Waals surface area contributed by atoms with Crippen LogP contribution in [-0.4, -0.2) is 17.2 Å². The number of ether oxygens (including phenoxy) is 1. The maximum absolute atomic E-state index is 11.0. The topological polar surface area (TPSA) is 46.5 Å². The molecule has 3 heteroatoms. The molecule has 0 aliphatic heterocycles. The smallest absolute Gasteiger partial charge is 0.345 e. The molecule has 3 nitrogen and oxygen atoms in total. The summed E-state index contributed by atoms with van der Waals surface area (Å²) in [4.78, 5) is 11.0. The highest BCUT2D eigenvalue weighted by Crippen LogP contribution is 2.21. The zero-order chi connectivity index (χ0) is 12.1. The molecule has 1 atom stereocenters. The minimum Gasteiger partial charge on any atom is -0.478 e.